The quantitative estimate of drug-likeness (QED) is 0.449. The molecule has 0 aliphatic rings. The van der Waals surface area contributed by atoms with Crippen LogP contribution in [-0.2, 0) is 16.4 Å². The zero-order chi connectivity index (χ0) is 23.2. The van der Waals surface area contributed by atoms with E-state index in [9.17, 15) is 13.5 Å². The van der Waals surface area contributed by atoms with Crippen molar-refractivity contribution in [3.8, 4) is 5.88 Å². The smallest absolute Gasteiger partial charge is 0.241 e. The lowest BCUT2D eigenvalue weighted by molar-refractivity contribution is 0.259. The lowest BCUT2D eigenvalue weighted by Crippen LogP contribution is -2.27. The van der Waals surface area contributed by atoms with E-state index in [1.807, 2.05) is 20.8 Å². The lowest BCUT2D eigenvalue weighted by Gasteiger charge is -2.19. The SMILES string of the molecule is COc1ncc([C@H](C)Cc2nc(N[C@@H](CO)CC(C)C)nc(NS(C)(=O)=O)n2)cc1Cl. The number of aromatic nitrogens is 4. The van der Waals surface area contributed by atoms with Gasteiger partial charge in [0, 0.05) is 12.6 Å². The van der Waals surface area contributed by atoms with Crippen molar-refractivity contribution in [1.29, 1.82) is 0 Å². The van der Waals surface area contributed by atoms with Gasteiger partial charge in [0.15, 0.2) is 0 Å². The number of aliphatic hydroxyl groups is 1. The summed E-state index contributed by atoms with van der Waals surface area (Å²) in [6.07, 6.45) is 3.76. The fourth-order valence-corrected chi connectivity index (χ4v) is 3.64. The molecule has 0 aliphatic heterocycles. The molecule has 0 amide bonds. The van der Waals surface area contributed by atoms with Gasteiger partial charge in [0.1, 0.15) is 10.8 Å². The van der Waals surface area contributed by atoms with Crippen molar-refractivity contribution < 1.29 is 18.3 Å². The van der Waals surface area contributed by atoms with Crippen LogP contribution >= 0.6 is 11.6 Å². The summed E-state index contributed by atoms with van der Waals surface area (Å²) in [6.45, 7) is 5.92. The molecule has 172 valence electrons. The molecule has 0 saturated heterocycles. The van der Waals surface area contributed by atoms with Crippen molar-refractivity contribution in [3.63, 3.8) is 0 Å². The maximum atomic E-state index is 11.7. The van der Waals surface area contributed by atoms with E-state index in [1.165, 1.54) is 7.11 Å². The first-order valence-electron chi connectivity index (χ1n) is 9.80. The number of nitrogens with zero attached hydrogens (tertiary/aromatic N) is 4. The number of pyridine rings is 1. The topological polar surface area (TPSA) is 139 Å². The largest absolute Gasteiger partial charge is 0.480 e. The van der Waals surface area contributed by atoms with Crippen LogP contribution in [0.25, 0.3) is 0 Å². The van der Waals surface area contributed by atoms with Gasteiger partial charge in [-0.25, -0.2) is 13.4 Å². The van der Waals surface area contributed by atoms with Crippen LogP contribution < -0.4 is 14.8 Å². The van der Waals surface area contributed by atoms with Gasteiger partial charge in [-0.3, -0.25) is 4.72 Å². The number of nitrogens with one attached hydrogen (secondary N) is 2. The molecule has 0 saturated carbocycles. The first-order chi connectivity index (χ1) is 14.5. The van der Waals surface area contributed by atoms with E-state index in [2.05, 4.69) is 30.0 Å². The Morgan fingerprint density at radius 2 is 1.87 bits per heavy atom. The Morgan fingerprint density at radius 1 is 1.19 bits per heavy atom. The lowest BCUT2D eigenvalue weighted by atomic mass is 9.99. The molecule has 31 heavy (non-hydrogen) atoms. The Balaban J connectivity index is 2.31. The standard InChI is InChI=1S/C19H29ClN6O4S/c1-11(2)6-14(10-27)22-18-23-16(24-19(25-18)26-31(5,28)29)7-12(3)13-8-15(20)17(30-4)21-9-13/h8-9,11-12,14,27H,6-7,10H2,1-5H3,(H2,22,23,24,25,26)/t12-,14-/m1/s1. The Labute approximate surface area is 187 Å². The molecular weight excluding hydrogens is 444 g/mol. The van der Waals surface area contributed by atoms with E-state index in [4.69, 9.17) is 16.3 Å². The highest BCUT2D eigenvalue weighted by molar-refractivity contribution is 7.91. The predicted molar refractivity (Wildman–Crippen MR) is 120 cm³/mol. The van der Waals surface area contributed by atoms with Gasteiger partial charge in [0.05, 0.1) is 26.0 Å². The van der Waals surface area contributed by atoms with Gasteiger partial charge in [-0.1, -0.05) is 32.4 Å². The Hall–Kier alpha value is -2.24. The summed E-state index contributed by atoms with van der Waals surface area (Å²) >= 11 is 6.18. The Morgan fingerprint density at radius 3 is 2.42 bits per heavy atom. The molecular formula is C19H29ClN6O4S. The summed E-state index contributed by atoms with van der Waals surface area (Å²) in [7, 11) is -2.09. The van der Waals surface area contributed by atoms with Crippen LogP contribution in [0.5, 0.6) is 5.88 Å². The van der Waals surface area contributed by atoms with Crippen LogP contribution in [0.15, 0.2) is 12.3 Å². The van der Waals surface area contributed by atoms with E-state index in [0.717, 1.165) is 11.8 Å². The highest BCUT2D eigenvalue weighted by atomic mass is 35.5. The van der Waals surface area contributed by atoms with Gasteiger partial charge in [-0.15, -0.1) is 0 Å². The summed E-state index contributed by atoms with van der Waals surface area (Å²) in [5.74, 6) is 1.09. The van der Waals surface area contributed by atoms with Crippen LogP contribution in [0.3, 0.4) is 0 Å². The average Bonchev–Trinajstić information content (AvgIpc) is 2.65. The molecule has 2 rings (SSSR count). The number of ether oxygens (including phenoxy) is 1. The zero-order valence-corrected chi connectivity index (χ0v) is 19.8. The normalized spacial score (nSPS) is 13.7. The maximum absolute atomic E-state index is 11.7. The highest BCUT2D eigenvalue weighted by Gasteiger charge is 2.18. The molecule has 0 unspecified atom stereocenters. The number of hydrogen-bond acceptors (Lipinski definition) is 9. The predicted octanol–water partition coefficient (Wildman–Crippen LogP) is 2.47. The molecule has 2 aromatic heterocycles. The maximum Gasteiger partial charge on any atom is 0.241 e. The van der Waals surface area contributed by atoms with Crippen LogP contribution in [0.4, 0.5) is 11.9 Å². The Kier molecular flexibility index (Phi) is 8.78. The second-order valence-corrected chi connectivity index (χ2v) is 9.95. The van der Waals surface area contributed by atoms with Crippen molar-refractivity contribution >= 4 is 33.5 Å². The van der Waals surface area contributed by atoms with Gasteiger partial charge in [-0.2, -0.15) is 15.0 Å². The number of anilines is 2. The molecule has 0 radical (unpaired) electrons. The van der Waals surface area contributed by atoms with Gasteiger partial charge in [0.2, 0.25) is 27.8 Å². The third-order valence-corrected chi connectivity index (χ3v) is 5.17. The van der Waals surface area contributed by atoms with E-state index < -0.39 is 10.0 Å². The van der Waals surface area contributed by atoms with Crippen molar-refractivity contribution in [2.45, 2.75) is 45.6 Å². The van der Waals surface area contributed by atoms with Gasteiger partial charge in [0.25, 0.3) is 0 Å². The summed E-state index contributed by atoms with van der Waals surface area (Å²) < 4.78 is 30.7. The number of rotatable bonds is 11. The monoisotopic (exact) mass is 472 g/mol. The fraction of sp³-hybridized carbons (Fsp3) is 0.579. The van der Waals surface area contributed by atoms with E-state index in [0.29, 0.717) is 35.5 Å². The molecule has 2 heterocycles. The number of halogens is 1. The van der Waals surface area contributed by atoms with Crippen molar-refractivity contribution in [2.24, 2.45) is 5.92 Å². The van der Waals surface area contributed by atoms with Gasteiger partial charge in [-0.05, 0) is 29.9 Å². The van der Waals surface area contributed by atoms with Crippen molar-refractivity contribution in [3.05, 3.63) is 28.7 Å². The van der Waals surface area contributed by atoms with Crippen LogP contribution in [0.2, 0.25) is 5.02 Å². The number of methoxy groups -OCH3 is 1. The molecule has 3 N–H and O–H groups in total. The van der Waals surface area contributed by atoms with Crippen LogP contribution in [0.1, 0.15) is 44.5 Å². The number of hydrogen-bond donors (Lipinski definition) is 3. The summed E-state index contributed by atoms with van der Waals surface area (Å²) in [4.78, 5) is 17.0. The van der Waals surface area contributed by atoms with Crippen LogP contribution in [-0.4, -0.2) is 59.5 Å². The van der Waals surface area contributed by atoms with E-state index >= 15 is 0 Å². The third-order valence-electron chi connectivity index (χ3n) is 4.35. The average molecular weight is 473 g/mol. The van der Waals surface area contributed by atoms with Crippen molar-refractivity contribution in [1.82, 2.24) is 19.9 Å². The first kappa shape index (κ1) is 25.0. The minimum absolute atomic E-state index is 0.0680. The van der Waals surface area contributed by atoms with E-state index in [1.54, 1.807) is 12.3 Å². The summed E-state index contributed by atoms with van der Waals surface area (Å²) in [5, 5.41) is 13.1. The fourth-order valence-electron chi connectivity index (χ4n) is 2.97. The minimum Gasteiger partial charge on any atom is -0.480 e. The summed E-state index contributed by atoms with van der Waals surface area (Å²) in [5.41, 5.74) is 0.853. The molecule has 2 atom stereocenters. The molecule has 2 aromatic rings. The molecule has 0 aromatic carbocycles. The van der Waals surface area contributed by atoms with E-state index in [-0.39, 0.29) is 30.5 Å². The molecule has 0 spiro atoms. The molecule has 0 fully saturated rings. The second kappa shape index (κ2) is 10.9. The minimum atomic E-state index is -3.58. The summed E-state index contributed by atoms with van der Waals surface area (Å²) in [6, 6.07) is 1.49. The first-order valence-corrected chi connectivity index (χ1v) is 12.1. The van der Waals surface area contributed by atoms with Crippen LogP contribution in [0, 0.1) is 5.92 Å². The van der Waals surface area contributed by atoms with Gasteiger partial charge < -0.3 is 15.2 Å². The van der Waals surface area contributed by atoms with Gasteiger partial charge >= 0.3 is 0 Å². The number of sulfonamides is 1. The molecule has 12 heteroatoms. The highest BCUT2D eigenvalue weighted by Crippen LogP contribution is 2.27. The molecule has 10 nitrogen and oxygen atoms in total. The number of aliphatic hydroxyl groups excluding tert-OH is 1. The molecule has 0 aliphatic carbocycles. The Bertz CT molecular complexity index is 989. The molecule has 0 bridgehead atoms. The van der Waals surface area contributed by atoms with Crippen molar-refractivity contribution in [2.75, 3.05) is 30.0 Å². The zero-order valence-electron chi connectivity index (χ0n) is 18.3. The second-order valence-electron chi connectivity index (χ2n) is 7.79. The third kappa shape index (κ3) is 8.08.